The molecular weight excluding hydrogens is 264 g/mol. The number of nitrogens with zero attached hydrogens (tertiary/aromatic N) is 1. The summed E-state index contributed by atoms with van der Waals surface area (Å²) in [4.78, 5) is 16.4. The molecule has 0 saturated heterocycles. The van der Waals surface area contributed by atoms with E-state index in [4.69, 9.17) is 5.84 Å². The Morgan fingerprint density at radius 3 is 3.00 bits per heavy atom. The summed E-state index contributed by atoms with van der Waals surface area (Å²) in [6.07, 6.45) is 4.68. The van der Waals surface area contributed by atoms with Crippen LogP contribution in [-0.4, -0.2) is 10.9 Å². The van der Waals surface area contributed by atoms with Gasteiger partial charge >= 0.3 is 0 Å². The molecule has 0 aliphatic heterocycles. The van der Waals surface area contributed by atoms with Crippen molar-refractivity contribution in [2.45, 2.75) is 25.3 Å². The molecule has 108 valence electrons. The van der Waals surface area contributed by atoms with E-state index in [9.17, 15) is 4.79 Å². The number of anilines is 1. The van der Waals surface area contributed by atoms with Crippen molar-refractivity contribution in [3.8, 4) is 0 Å². The van der Waals surface area contributed by atoms with Crippen LogP contribution in [0.1, 0.15) is 40.5 Å². The highest BCUT2D eigenvalue weighted by atomic mass is 16.1. The fraction of sp³-hybridized carbons (Fsp3) is 0.250. The maximum Gasteiger partial charge on any atom is 0.270 e. The van der Waals surface area contributed by atoms with Gasteiger partial charge in [0.1, 0.15) is 5.69 Å². The maximum absolute atomic E-state index is 12.3. The molecule has 0 saturated carbocycles. The minimum atomic E-state index is -0.172. The van der Waals surface area contributed by atoms with E-state index in [2.05, 4.69) is 27.9 Å². The highest BCUT2D eigenvalue weighted by Crippen LogP contribution is 2.29. The van der Waals surface area contributed by atoms with Crippen molar-refractivity contribution in [2.75, 3.05) is 5.43 Å². The first-order valence-corrected chi connectivity index (χ1v) is 7.09. The van der Waals surface area contributed by atoms with Gasteiger partial charge in [0.05, 0.1) is 11.7 Å². The SMILES string of the molecule is NNc1ccnc(C(=O)NC2CCCc3ccccc32)c1. The number of carbonyl (C=O) groups excluding carboxylic acids is 1. The van der Waals surface area contributed by atoms with E-state index in [1.807, 2.05) is 12.1 Å². The minimum Gasteiger partial charge on any atom is -0.344 e. The van der Waals surface area contributed by atoms with Crippen molar-refractivity contribution in [1.82, 2.24) is 10.3 Å². The van der Waals surface area contributed by atoms with Crippen LogP contribution in [0.4, 0.5) is 5.69 Å². The molecule has 2 aromatic rings. The van der Waals surface area contributed by atoms with Crippen molar-refractivity contribution >= 4 is 11.6 Å². The van der Waals surface area contributed by atoms with Gasteiger partial charge in [0.2, 0.25) is 0 Å². The molecule has 1 aliphatic carbocycles. The summed E-state index contributed by atoms with van der Waals surface area (Å²) in [7, 11) is 0. The fourth-order valence-corrected chi connectivity index (χ4v) is 2.78. The lowest BCUT2D eigenvalue weighted by Gasteiger charge is -2.26. The van der Waals surface area contributed by atoms with Crippen LogP contribution >= 0.6 is 0 Å². The zero-order valence-corrected chi connectivity index (χ0v) is 11.7. The zero-order chi connectivity index (χ0) is 14.7. The fourth-order valence-electron chi connectivity index (χ4n) is 2.78. The van der Waals surface area contributed by atoms with Gasteiger partial charge in [-0.1, -0.05) is 24.3 Å². The average molecular weight is 282 g/mol. The molecule has 0 spiro atoms. The van der Waals surface area contributed by atoms with Crippen LogP contribution in [0.3, 0.4) is 0 Å². The van der Waals surface area contributed by atoms with Gasteiger partial charge in [-0.3, -0.25) is 15.6 Å². The van der Waals surface area contributed by atoms with Gasteiger partial charge in [0, 0.05) is 6.20 Å². The number of pyridine rings is 1. The van der Waals surface area contributed by atoms with E-state index in [1.54, 1.807) is 18.3 Å². The van der Waals surface area contributed by atoms with E-state index >= 15 is 0 Å². The number of hydrogen-bond donors (Lipinski definition) is 3. The Morgan fingerprint density at radius 1 is 1.29 bits per heavy atom. The number of benzene rings is 1. The lowest BCUT2D eigenvalue weighted by Crippen LogP contribution is -2.31. The van der Waals surface area contributed by atoms with Crippen LogP contribution in [0, 0.1) is 0 Å². The Morgan fingerprint density at radius 2 is 2.14 bits per heavy atom. The smallest absolute Gasteiger partial charge is 0.270 e. The third-order valence-corrected chi connectivity index (χ3v) is 3.83. The molecule has 1 amide bonds. The summed E-state index contributed by atoms with van der Waals surface area (Å²) >= 11 is 0. The van der Waals surface area contributed by atoms with Gasteiger partial charge in [-0.25, -0.2) is 0 Å². The van der Waals surface area contributed by atoms with Gasteiger partial charge < -0.3 is 10.7 Å². The second-order valence-corrected chi connectivity index (χ2v) is 5.19. The molecule has 1 atom stereocenters. The molecule has 5 heteroatoms. The predicted octanol–water partition coefficient (Wildman–Crippen LogP) is 2.17. The number of nitrogen functional groups attached to an aromatic ring is 1. The Kier molecular flexibility index (Phi) is 3.83. The predicted molar refractivity (Wildman–Crippen MR) is 81.6 cm³/mol. The van der Waals surface area contributed by atoms with Crippen LogP contribution in [0.15, 0.2) is 42.6 Å². The molecule has 1 aromatic heterocycles. The molecule has 0 fully saturated rings. The standard InChI is InChI=1S/C16H18N4O/c17-20-12-8-9-18-15(10-12)16(21)19-14-7-3-5-11-4-1-2-6-13(11)14/h1-2,4,6,8-10,14H,3,5,7,17H2,(H,18,20)(H,19,21). The summed E-state index contributed by atoms with van der Waals surface area (Å²) in [5.74, 6) is 5.18. The van der Waals surface area contributed by atoms with E-state index < -0.39 is 0 Å². The first kappa shape index (κ1) is 13.6. The third kappa shape index (κ3) is 2.87. The van der Waals surface area contributed by atoms with E-state index in [0.717, 1.165) is 19.3 Å². The number of hydrazine groups is 1. The number of carbonyl (C=O) groups is 1. The first-order valence-electron chi connectivity index (χ1n) is 7.09. The monoisotopic (exact) mass is 282 g/mol. The summed E-state index contributed by atoms with van der Waals surface area (Å²) in [6.45, 7) is 0. The van der Waals surface area contributed by atoms with Crippen molar-refractivity contribution in [1.29, 1.82) is 0 Å². The lowest BCUT2D eigenvalue weighted by molar-refractivity contribution is 0.0928. The molecule has 4 N–H and O–H groups in total. The quantitative estimate of drug-likeness (QED) is 0.595. The molecule has 0 radical (unpaired) electrons. The number of aromatic nitrogens is 1. The normalized spacial score (nSPS) is 16.9. The van der Waals surface area contributed by atoms with Crippen molar-refractivity contribution < 1.29 is 4.79 Å². The first-order chi connectivity index (χ1) is 10.3. The van der Waals surface area contributed by atoms with Gasteiger partial charge in [0.25, 0.3) is 5.91 Å². The Balaban J connectivity index is 1.79. The highest BCUT2D eigenvalue weighted by Gasteiger charge is 2.22. The summed E-state index contributed by atoms with van der Waals surface area (Å²) < 4.78 is 0. The molecule has 1 heterocycles. The maximum atomic E-state index is 12.3. The molecule has 3 rings (SSSR count). The number of hydrogen-bond acceptors (Lipinski definition) is 4. The van der Waals surface area contributed by atoms with E-state index in [1.165, 1.54) is 11.1 Å². The summed E-state index contributed by atoms with van der Waals surface area (Å²) in [5, 5.41) is 3.07. The van der Waals surface area contributed by atoms with Gasteiger partial charge in [-0.15, -0.1) is 0 Å². The molecular formula is C16H18N4O. The molecule has 21 heavy (non-hydrogen) atoms. The number of amides is 1. The number of fused-ring (bicyclic) bond motifs is 1. The Bertz CT molecular complexity index is 656. The molecule has 1 unspecified atom stereocenters. The van der Waals surface area contributed by atoms with Gasteiger partial charge in [-0.2, -0.15) is 0 Å². The average Bonchev–Trinajstić information content (AvgIpc) is 2.55. The Labute approximate surface area is 123 Å². The third-order valence-electron chi connectivity index (χ3n) is 3.83. The number of nitrogens with one attached hydrogen (secondary N) is 2. The van der Waals surface area contributed by atoms with Crippen molar-refractivity contribution in [3.63, 3.8) is 0 Å². The van der Waals surface area contributed by atoms with Crippen molar-refractivity contribution in [3.05, 3.63) is 59.4 Å². The topological polar surface area (TPSA) is 80.0 Å². The second kappa shape index (κ2) is 5.93. The summed E-state index contributed by atoms with van der Waals surface area (Å²) in [5.41, 5.74) is 6.09. The Hall–Kier alpha value is -2.40. The van der Waals surface area contributed by atoms with Crippen LogP contribution in [0.5, 0.6) is 0 Å². The second-order valence-electron chi connectivity index (χ2n) is 5.19. The molecule has 1 aliphatic rings. The van der Waals surface area contributed by atoms with Crippen LogP contribution in [-0.2, 0) is 6.42 Å². The number of aryl methyl sites for hydroxylation is 1. The van der Waals surface area contributed by atoms with Crippen LogP contribution < -0.4 is 16.6 Å². The highest BCUT2D eigenvalue weighted by molar-refractivity contribution is 5.93. The number of nitrogens with two attached hydrogens (primary N) is 1. The summed E-state index contributed by atoms with van der Waals surface area (Å²) in [6, 6.07) is 11.7. The molecule has 0 bridgehead atoms. The van der Waals surface area contributed by atoms with Crippen LogP contribution in [0.2, 0.25) is 0 Å². The van der Waals surface area contributed by atoms with Gasteiger partial charge in [-0.05, 0) is 42.5 Å². The zero-order valence-electron chi connectivity index (χ0n) is 11.7. The van der Waals surface area contributed by atoms with Crippen LogP contribution in [0.25, 0.3) is 0 Å². The largest absolute Gasteiger partial charge is 0.344 e. The number of rotatable bonds is 3. The molecule has 1 aromatic carbocycles. The lowest BCUT2D eigenvalue weighted by atomic mass is 9.87. The molecule has 5 nitrogen and oxygen atoms in total. The van der Waals surface area contributed by atoms with Gasteiger partial charge in [0.15, 0.2) is 0 Å². The minimum absolute atomic E-state index is 0.0544. The van der Waals surface area contributed by atoms with Crippen molar-refractivity contribution in [2.24, 2.45) is 5.84 Å². The van der Waals surface area contributed by atoms with E-state index in [-0.39, 0.29) is 11.9 Å². The van der Waals surface area contributed by atoms with E-state index in [0.29, 0.717) is 11.4 Å².